The van der Waals surface area contributed by atoms with E-state index in [1.165, 1.54) is 7.11 Å². The van der Waals surface area contributed by atoms with Gasteiger partial charge in [-0.05, 0) is 31.3 Å². The molecule has 0 spiro atoms. The number of thiocarbonyl (C=S) groups is 1. The predicted octanol–water partition coefficient (Wildman–Crippen LogP) is 0.198. The molecule has 0 aliphatic heterocycles. The number of ether oxygens (including phenoxy) is 1. The molecule has 1 aromatic rings. The number of nitrogens with zero attached hydrogens (tertiary/aromatic N) is 1. The molecule has 1 aromatic carbocycles. The lowest BCUT2D eigenvalue weighted by molar-refractivity contribution is -0.117. The summed E-state index contributed by atoms with van der Waals surface area (Å²) in [7, 11) is 3.28. The molecule has 0 heterocycles. The van der Waals surface area contributed by atoms with Crippen molar-refractivity contribution in [3.8, 4) is 0 Å². The third-order valence-electron chi connectivity index (χ3n) is 2.75. The van der Waals surface area contributed by atoms with Gasteiger partial charge in [-0.2, -0.15) is 0 Å². The standard InChI is InChI=1S/C14H21N3O3S/c1-17(7-12(18)9-20-2)8-13(19)16-11-5-3-10(4-6-11)14(15)21/h3-6,12,18H,7-9H2,1-2H3,(H2,15,21)(H,16,19). The van der Waals surface area contributed by atoms with E-state index in [1.54, 1.807) is 36.2 Å². The third-order valence-corrected chi connectivity index (χ3v) is 2.98. The molecule has 1 rings (SSSR count). The molecule has 0 radical (unpaired) electrons. The zero-order chi connectivity index (χ0) is 15.8. The number of nitrogens with one attached hydrogen (secondary N) is 1. The average molecular weight is 311 g/mol. The summed E-state index contributed by atoms with van der Waals surface area (Å²) in [5.41, 5.74) is 6.93. The maximum absolute atomic E-state index is 11.9. The van der Waals surface area contributed by atoms with Gasteiger partial charge in [0.2, 0.25) is 5.91 Å². The molecule has 0 bridgehead atoms. The van der Waals surface area contributed by atoms with Crippen LogP contribution in [0, 0.1) is 0 Å². The van der Waals surface area contributed by atoms with Gasteiger partial charge in [-0.3, -0.25) is 9.69 Å². The molecular weight excluding hydrogens is 290 g/mol. The predicted molar refractivity (Wildman–Crippen MR) is 86.3 cm³/mol. The highest BCUT2D eigenvalue weighted by Crippen LogP contribution is 2.09. The first-order chi connectivity index (χ1) is 9.92. The van der Waals surface area contributed by atoms with Crippen LogP contribution in [0.25, 0.3) is 0 Å². The van der Waals surface area contributed by atoms with Crippen LogP contribution in [0.5, 0.6) is 0 Å². The smallest absolute Gasteiger partial charge is 0.238 e. The molecule has 116 valence electrons. The molecule has 1 unspecified atom stereocenters. The van der Waals surface area contributed by atoms with Crippen LogP contribution in [0.1, 0.15) is 5.56 Å². The minimum absolute atomic E-state index is 0.162. The fraction of sp³-hybridized carbons (Fsp3) is 0.429. The van der Waals surface area contributed by atoms with Gasteiger partial charge in [-0.15, -0.1) is 0 Å². The van der Waals surface area contributed by atoms with E-state index in [9.17, 15) is 9.90 Å². The van der Waals surface area contributed by atoms with Crippen molar-refractivity contribution < 1.29 is 14.6 Å². The van der Waals surface area contributed by atoms with E-state index in [1.807, 2.05) is 0 Å². The Hall–Kier alpha value is -1.54. The number of benzene rings is 1. The van der Waals surface area contributed by atoms with Crippen LogP contribution < -0.4 is 11.1 Å². The highest BCUT2D eigenvalue weighted by molar-refractivity contribution is 7.80. The Morgan fingerprint density at radius 2 is 2.10 bits per heavy atom. The van der Waals surface area contributed by atoms with Crippen LogP contribution >= 0.6 is 12.2 Å². The van der Waals surface area contributed by atoms with Crippen molar-refractivity contribution in [3.05, 3.63) is 29.8 Å². The maximum Gasteiger partial charge on any atom is 0.238 e. The van der Waals surface area contributed by atoms with E-state index in [-0.39, 0.29) is 19.1 Å². The largest absolute Gasteiger partial charge is 0.389 e. The van der Waals surface area contributed by atoms with Gasteiger partial charge in [0.15, 0.2) is 0 Å². The maximum atomic E-state index is 11.9. The van der Waals surface area contributed by atoms with Crippen molar-refractivity contribution in [2.75, 3.05) is 39.2 Å². The quantitative estimate of drug-likeness (QED) is 0.595. The molecule has 0 fully saturated rings. The highest BCUT2D eigenvalue weighted by atomic mass is 32.1. The Kier molecular flexibility index (Phi) is 7.24. The number of nitrogens with two attached hydrogens (primary N) is 1. The number of carbonyl (C=O) groups is 1. The number of carbonyl (C=O) groups excluding carboxylic acids is 1. The van der Waals surface area contributed by atoms with Crippen LogP contribution in [0.4, 0.5) is 5.69 Å². The van der Waals surface area contributed by atoms with E-state index in [0.29, 0.717) is 17.2 Å². The second kappa shape index (κ2) is 8.68. The number of aliphatic hydroxyl groups excluding tert-OH is 1. The van der Waals surface area contributed by atoms with Gasteiger partial charge in [0.1, 0.15) is 4.99 Å². The van der Waals surface area contributed by atoms with Gasteiger partial charge in [0.05, 0.1) is 19.3 Å². The fourth-order valence-electron chi connectivity index (χ4n) is 1.83. The van der Waals surface area contributed by atoms with E-state index in [2.05, 4.69) is 5.32 Å². The van der Waals surface area contributed by atoms with Crippen molar-refractivity contribution in [1.82, 2.24) is 4.90 Å². The van der Waals surface area contributed by atoms with Crippen LogP contribution in [-0.2, 0) is 9.53 Å². The normalized spacial score (nSPS) is 12.2. The molecule has 0 aromatic heterocycles. The molecule has 6 nitrogen and oxygen atoms in total. The average Bonchev–Trinajstić information content (AvgIpc) is 2.38. The second-order valence-electron chi connectivity index (χ2n) is 4.80. The summed E-state index contributed by atoms with van der Waals surface area (Å²) in [6.07, 6.45) is -0.613. The molecule has 4 N–H and O–H groups in total. The van der Waals surface area contributed by atoms with Crippen molar-refractivity contribution in [1.29, 1.82) is 0 Å². The molecular formula is C14H21N3O3S. The van der Waals surface area contributed by atoms with Crippen LogP contribution in [0.15, 0.2) is 24.3 Å². The fourth-order valence-corrected chi connectivity index (χ4v) is 1.97. The van der Waals surface area contributed by atoms with E-state index in [0.717, 1.165) is 5.56 Å². The number of aliphatic hydroxyl groups is 1. The van der Waals surface area contributed by atoms with Gasteiger partial charge in [0, 0.05) is 24.9 Å². The Labute approximate surface area is 129 Å². The monoisotopic (exact) mass is 311 g/mol. The molecule has 0 saturated carbocycles. The lowest BCUT2D eigenvalue weighted by Crippen LogP contribution is -2.37. The minimum atomic E-state index is -0.613. The lowest BCUT2D eigenvalue weighted by Gasteiger charge is -2.19. The molecule has 7 heteroatoms. The Bertz CT molecular complexity index is 479. The molecule has 1 amide bonds. The van der Waals surface area contributed by atoms with Crippen molar-refractivity contribution >= 4 is 28.8 Å². The number of hydrogen-bond acceptors (Lipinski definition) is 5. The molecule has 0 aliphatic rings. The van der Waals surface area contributed by atoms with Crippen LogP contribution in [0.3, 0.4) is 0 Å². The number of likely N-dealkylation sites (N-methyl/N-ethyl adjacent to an activating group) is 1. The van der Waals surface area contributed by atoms with E-state index in [4.69, 9.17) is 22.7 Å². The molecule has 21 heavy (non-hydrogen) atoms. The van der Waals surface area contributed by atoms with Crippen molar-refractivity contribution in [2.45, 2.75) is 6.10 Å². The summed E-state index contributed by atoms with van der Waals surface area (Å²) in [4.78, 5) is 13.9. The first-order valence-electron chi connectivity index (χ1n) is 6.47. The summed E-state index contributed by atoms with van der Waals surface area (Å²) in [5.74, 6) is -0.162. The summed E-state index contributed by atoms with van der Waals surface area (Å²) >= 11 is 4.86. The summed E-state index contributed by atoms with van der Waals surface area (Å²) < 4.78 is 4.84. The third kappa shape index (κ3) is 6.63. The molecule has 1 atom stereocenters. The van der Waals surface area contributed by atoms with Crippen LogP contribution in [-0.4, -0.2) is 60.9 Å². The topological polar surface area (TPSA) is 87.8 Å². The Balaban J connectivity index is 2.44. The first kappa shape index (κ1) is 17.5. The van der Waals surface area contributed by atoms with Crippen molar-refractivity contribution in [3.63, 3.8) is 0 Å². The lowest BCUT2D eigenvalue weighted by atomic mass is 10.2. The number of anilines is 1. The summed E-state index contributed by atoms with van der Waals surface area (Å²) in [5, 5.41) is 12.3. The van der Waals surface area contributed by atoms with Gasteiger partial charge in [-0.25, -0.2) is 0 Å². The Morgan fingerprint density at radius 1 is 1.48 bits per heavy atom. The van der Waals surface area contributed by atoms with Gasteiger partial charge >= 0.3 is 0 Å². The van der Waals surface area contributed by atoms with Gasteiger partial charge in [0.25, 0.3) is 0 Å². The summed E-state index contributed by atoms with van der Waals surface area (Å²) in [6.45, 7) is 0.784. The second-order valence-corrected chi connectivity index (χ2v) is 5.24. The highest BCUT2D eigenvalue weighted by Gasteiger charge is 2.11. The number of rotatable bonds is 8. The molecule has 0 aliphatic carbocycles. The Morgan fingerprint density at radius 3 is 2.62 bits per heavy atom. The van der Waals surface area contributed by atoms with Crippen molar-refractivity contribution in [2.24, 2.45) is 5.73 Å². The minimum Gasteiger partial charge on any atom is -0.389 e. The van der Waals surface area contributed by atoms with E-state index >= 15 is 0 Å². The van der Waals surface area contributed by atoms with Crippen LogP contribution in [0.2, 0.25) is 0 Å². The van der Waals surface area contributed by atoms with Gasteiger partial charge in [-0.1, -0.05) is 12.2 Å². The van der Waals surface area contributed by atoms with E-state index < -0.39 is 6.10 Å². The van der Waals surface area contributed by atoms with Gasteiger partial charge < -0.3 is 20.9 Å². The SMILES string of the molecule is COCC(O)CN(C)CC(=O)Nc1ccc(C(N)=S)cc1. The zero-order valence-electron chi connectivity index (χ0n) is 12.2. The zero-order valence-corrected chi connectivity index (χ0v) is 13.0. The first-order valence-corrected chi connectivity index (χ1v) is 6.88. The number of methoxy groups -OCH3 is 1. The number of hydrogen-bond donors (Lipinski definition) is 3. The molecule has 0 saturated heterocycles. The summed E-state index contributed by atoms with van der Waals surface area (Å²) in [6, 6.07) is 6.99. The number of amides is 1.